The Labute approximate surface area is 130 Å². The van der Waals surface area contributed by atoms with E-state index in [0.29, 0.717) is 6.54 Å². The topological polar surface area (TPSA) is 32.5 Å². The van der Waals surface area contributed by atoms with Gasteiger partial charge in [-0.05, 0) is 42.8 Å². The van der Waals surface area contributed by atoms with Gasteiger partial charge in [-0.3, -0.25) is 0 Å². The number of benzene rings is 2. The molecule has 2 aromatic carbocycles. The molecule has 0 bridgehead atoms. The van der Waals surface area contributed by atoms with Gasteiger partial charge in [0, 0.05) is 30.8 Å². The van der Waals surface area contributed by atoms with Crippen molar-refractivity contribution < 1.29 is 0 Å². The van der Waals surface area contributed by atoms with Crippen LogP contribution in [0.3, 0.4) is 0 Å². The van der Waals surface area contributed by atoms with Crippen molar-refractivity contribution in [1.82, 2.24) is 0 Å². The number of hydrogen-bond donors (Lipinski definition) is 1. The van der Waals surface area contributed by atoms with E-state index in [4.69, 9.17) is 17.3 Å². The van der Waals surface area contributed by atoms with Gasteiger partial charge in [0.2, 0.25) is 0 Å². The molecule has 3 rings (SSSR count). The minimum absolute atomic E-state index is 0.621. The molecule has 0 saturated heterocycles. The Hall–Kier alpha value is -1.71. The van der Waals surface area contributed by atoms with Gasteiger partial charge in [0.15, 0.2) is 0 Å². The third-order valence-electron chi connectivity index (χ3n) is 4.00. The Kier molecular flexibility index (Phi) is 4.04. The molecule has 0 aliphatic carbocycles. The van der Waals surface area contributed by atoms with Crippen LogP contribution in [-0.2, 0) is 6.42 Å². The van der Waals surface area contributed by atoms with Crippen molar-refractivity contribution >= 4 is 28.7 Å². The lowest BCUT2D eigenvalue weighted by atomic mass is 10.1. The van der Waals surface area contributed by atoms with Crippen LogP contribution in [0.25, 0.3) is 0 Å². The summed E-state index contributed by atoms with van der Waals surface area (Å²) in [6.45, 7) is 2.58. The third kappa shape index (κ3) is 2.71. The molecule has 21 heavy (non-hydrogen) atoms. The predicted octanol–water partition coefficient (Wildman–Crippen LogP) is 3.43. The van der Waals surface area contributed by atoms with Crippen molar-refractivity contribution in [3.8, 4) is 0 Å². The number of nitrogens with two attached hydrogens (primary N) is 1. The molecule has 0 saturated carbocycles. The number of nitrogens with zero attached hydrogens (tertiary/aromatic N) is 2. The van der Waals surface area contributed by atoms with Crippen LogP contribution in [0.5, 0.6) is 0 Å². The third-order valence-corrected chi connectivity index (χ3v) is 4.36. The number of para-hydroxylation sites is 2. The molecule has 0 radical (unpaired) electrons. The zero-order valence-electron chi connectivity index (χ0n) is 12.2. The summed E-state index contributed by atoms with van der Waals surface area (Å²) in [6, 6.07) is 14.8. The fraction of sp³-hybridized carbons (Fsp3) is 0.294. The lowest BCUT2D eigenvalue weighted by Crippen LogP contribution is -2.36. The molecule has 0 aromatic heterocycles. The van der Waals surface area contributed by atoms with Crippen LogP contribution in [0.4, 0.5) is 17.1 Å². The summed E-state index contributed by atoms with van der Waals surface area (Å²) < 4.78 is 0. The average molecular weight is 302 g/mol. The summed E-state index contributed by atoms with van der Waals surface area (Å²) in [5.41, 5.74) is 10.4. The highest BCUT2D eigenvalue weighted by atomic mass is 35.5. The lowest BCUT2D eigenvalue weighted by molar-refractivity contribution is 0.822. The summed E-state index contributed by atoms with van der Waals surface area (Å²) in [7, 11) is 2.13. The second kappa shape index (κ2) is 5.96. The highest BCUT2D eigenvalue weighted by molar-refractivity contribution is 6.31. The van der Waals surface area contributed by atoms with Crippen molar-refractivity contribution in [3.05, 3.63) is 53.1 Å². The first-order chi connectivity index (χ1) is 10.2. The minimum Gasteiger partial charge on any atom is -0.371 e. The van der Waals surface area contributed by atoms with Gasteiger partial charge >= 0.3 is 0 Å². The van der Waals surface area contributed by atoms with Crippen LogP contribution in [0.15, 0.2) is 42.5 Å². The van der Waals surface area contributed by atoms with Crippen LogP contribution in [0.2, 0.25) is 5.02 Å². The monoisotopic (exact) mass is 301 g/mol. The van der Waals surface area contributed by atoms with Crippen molar-refractivity contribution in [1.29, 1.82) is 0 Å². The first-order valence-corrected chi connectivity index (χ1v) is 7.64. The molecule has 4 heteroatoms. The molecule has 0 fully saturated rings. The number of halogens is 1. The molecule has 0 atom stereocenters. The maximum Gasteiger partial charge on any atom is 0.0649 e. The average Bonchev–Trinajstić information content (AvgIpc) is 2.50. The van der Waals surface area contributed by atoms with Crippen molar-refractivity contribution in [3.63, 3.8) is 0 Å². The Morgan fingerprint density at radius 3 is 2.57 bits per heavy atom. The van der Waals surface area contributed by atoms with Crippen molar-refractivity contribution in [2.45, 2.75) is 6.42 Å². The second-order valence-electron chi connectivity index (χ2n) is 5.38. The van der Waals surface area contributed by atoms with E-state index in [1.165, 1.54) is 11.4 Å². The Morgan fingerprint density at radius 2 is 1.86 bits per heavy atom. The van der Waals surface area contributed by atoms with Crippen LogP contribution in [-0.4, -0.2) is 26.7 Å². The van der Waals surface area contributed by atoms with E-state index in [1.54, 1.807) is 0 Å². The van der Waals surface area contributed by atoms with E-state index in [9.17, 15) is 0 Å². The van der Waals surface area contributed by atoms with Crippen LogP contribution >= 0.6 is 11.6 Å². The van der Waals surface area contributed by atoms with E-state index < -0.39 is 0 Å². The number of fused-ring (bicyclic) bond motifs is 1. The number of anilines is 3. The molecule has 0 amide bonds. The van der Waals surface area contributed by atoms with Gasteiger partial charge in [-0.2, -0.15) is 0 Å². The highest BCUT2D eigenvalue weighted by Crippen LogP contribution is 2.37. The van der Waals surface area contributed by atoms with E-state index >= 15 is 0 Å². The van der Waals surface area contributed by atoms with Crippen molar-refractivity contribution in [2.24, 2.45) is 5.73 Å². The molecule has 1 aliphatic heterocycles. The number of likely N-dealkylation sites (N-methyl/N-ethyl adjacent to an activating group) is 1. The lowest BCUT2D eigenvalue weighted by Gasteiger charge is -2.37. The van der Waals surface area contributed by atoms with Gasteiger partial charge in [0.25, 0.3) is 0 Å². The smallest absolute Gasteiger partial charge is 0.0649 e. The Balaban J connectivity index is 1.98. The predicted molar refractivity (Wildman–Crippen MR) is 90.9 cm³/mol. The van der Waals surface area contributed by atoms with Gasteiger partial charge in [-0.15, -0.1) is 0 Å². The zero-order valence-corrected chi connectivity index (χ0v) is 13.0. The van der Waals surface area contributed by atoms with Crippen LogP contribution in [0.1, 0.15) is 5.56 Å². The molecule has 2 N–H and O–H groups in total. The standard InChI is InChI=1S/C17H20ClN3/c1-20-10-11-21(17-5-3-2-4-16(17)20)14-7-6-13(8-9-19)15(18)12-14/h2-7,12H,8-11,19H2,1H3. The largest absolute Gasteiger partial charge is 0.371 e. The fourth-order valence-electron chi connectivity index (χ4n) is 2.84. The maximum atomic E-state index is 6.39. The van der Waals surface area contributed by atoms with Gasteiger partial charge in [-0.25, -0.2) is 0 Å². The van der Waals surface area contributed by atoms with Gasteiger partial charge < -0.3 is 15.5 Å². The van der Waals surface area contributed by atoms with Crippen LogP contribution < -0.4 is 15.5 Å². The molecule has 2 aromatic rings. The van der Waals surface area contributed by atoms with Gasteiger partial charge in [-0.1, -0.05) is 29.8 Å². The van der Waals surface area contributed by atoms with E-state index in [1.807, 2.05) is 0 Å². The molecule has 0 unspecified atom stereocenters. The van der Waals surface area contributed by atoms with Gasteiger partial charge in [0.05, 0.1) is 11.4 Å². The minimum atomic E-state index is 0.621. The summed E-state index contributed by atoms with van der Waals surface area (Å²) in [6.07, 6.45) is 0.818. The molecule has 110 valence electrons. The van der Waals surface area contributed by atoms with E-state index in [-0.39, 0.29) is 0 Å². The van der Waals surface area contributed by atoms with E-state index in [0.717, 1.165) is 35.8 Å². The first kappa shape index (κ1) is 14.2. The van der Waals surface area contributed by atoms with Crippen molar-refractivity contribution in [2.75, 3.05) is 36.5 Å². The van der Waals surface area contributed by atoms with Gasteiger partial charge in [0.1, 0.15) is 0 Å². The second-order valence-corrected chi connectivity index (χ2v) is 5.78. The molecule has 0 spiro atoms. The SMILES string of the molecule is CN1CCN(c2ccc(CCN)c(Cl)c2)c2ccccc21. The molecule has 1 heterocycles. The van der Waals surface area contributed by atoms with Crippen LogP contribution in [0, 0.1) is 0 Å². The highest BCUT2D eigenvalue weighted by Gasteiger charge is 2.21. The number of rotatable bonds is 3. The molecule has 1 aliphatic rings. The Morgan fingerprint density at radius 1 is 1.10 bits per heavy atom. The fourth-order valence-corrected chi connectivity index (χ4v) is 3.11. The summed E-state index contributed by atoms with van der Waals surface area (Å²) in [5.74, 6) is 0. The number of hydrogen-bond acceptors (Lipinski definition) is 3. The quantitative estimate of drug-likeness (QED) is 0.943. The Bertz CT molecular complexity index is 642. The maximum absolute atomic E-state index is 6.39. The summed E-state index contributed by atoms with van der Waals surface area (Å²) in [4.78, 5) is 4.61. The summed E-state index contributed by atoms with van der Waals surface area (Å²) >= 11 is 6.39. The zero-order chi connectivity index (χ0) is 14.8. The van der Waals surface area contributed by atoms with E-state index in [2.05, 4.69) is 59.3 Å². The normalized spacial score (nSPS) is 14.2. The molecular formula is C17H20ClN3. The molecule has 3 nitrogen and oxygen atoms in total. The first-order valence-electron chi connectivity index (χ1n) is 7.27. The summed E-state index contributed by atoms with van der Waals surface area (Å²) in [5, 5.41) is 0.800. The molecular weight excluding hydrogens is 282 g/mol.